The number of piperidine rings is 1. The normalized spacial score (nSPS) is 20.3. The van der Waals surface area contributed by atoms with Gasteiger partial charge in [0.25, 0.3) is 5.91 Å². The molecule has 5 nitrogen and oxygen atoms in total. The van der Waals surface area contributed by atoms with Crippen LogP contribution in [0.5, 0.6) is 0 Å². The van der Waals surface area contributed by atoms with Crippen LogP contribution in [0, 0.1) is 18.8 Å². The quantitative estimate of drug-likeness (QED) is 0.926. The number of likely N-dealkylation sites (tertiary alicyclic amines) is 1. The number of aliphatic carboxylic acids is 1. The monoisotopic (exact) mass is 292 g/mol. The van der Waals surface area contributed by atoms with E-state index in [1.165, 1.54) is 0 Å². The van der Waals surface area contributed by atoms with Gasteiger partial charge in [0.05, 0.1) is 0 Å². The van der Waals surface area contributed by atoms with E-state index in [1.807, 2.05) is 42.5 Å². The molecule has 116 valence electrons. The Balaban J connectivity index is 2.05. The minimum atomic E-state index is -0.760. The maximum atomic E-state index is 12.6. The molecule has 0 saturated carbocycles. The molecule has 5 heteroatoms. The highest BCUT2D eigenvalue weighted by atomic mass is 16.4. The Morgan fingerprint density at radius 3 is 2.71 bits per heavy atom. The number of carbonyl (C=O) groups excluding carboxylic acids is 1. The van der Waals surface area contributed by atoms with Crippen LogP contribution in [0.4, 0.5) is 0 Å². The second kappa shape index (κ2) is 6.33. The molecule has 1 aromatic rings. The third-order valence-corrected chi connectivity index (χ3v) is 4.64. The zero-order valence-electron chi connectivity index (χ0n) is 13.0. The highest BCUT2D eigenvalue weighted by Gasteiger charge is 2.29. The summed E-state index contributed by atoms with van der Waals surface area (Å²) >= 11 is 0. The maximum absolute atomic E-state index is 12.6. The Kier molecular flexibility index (Phi) is 4.70. The predicted molar refractivity (Wildman–Crippen MR) is 80.2 cm³/mol. The van der Waals surface area contributed by atoms with Crippen molar-refractivity contribution in [3.05, 3.63) is 23.5 Å². The molecule has 2 heterocycles. The van der Waals surface area contributed by atoms with Gasteiger partial charge in [-0.2, -0.15) is 0 Å². The third kappa shape index (κ3) is 3.46. The molecule has 0 aliphatic carbocycles. The minimum absolute atomic E-state index is 0.0535. The van der Waals surface area contributed by atoms with Gasteiger partial charge in [-0.1, -0.05) is 6.92 Å². The van der Waals surface area contributed by atoms with Crippen LogP contribution in [0.2, 0.25) is 0 Å². The largest absolute Gasteiger partial charge is 0.481 e. The van der Waals surface area contributed by atoms with Crippen LogP contribution in [0.25, 0.3) is 0 Å². The Bertz CT molecular complexity index is 536. The van der Waals surface area contributed by atoms with Crippen molar-refractivity contribution >= 4 is 11.9 Å². The summed E-state index contributed by atoms with van der Waals surface area (Å²) < 4.78 is 1.91. The molecule has 1 aliphatic rings. The standard InChI is InChI=1S/C16H24N2O3/c1-11(9-15(19)20)13-5-4-8-18(10-13)16(21)14-7-6-12(2)17(14)3/h6-7,11,13H,4-5,8-10H2,1-3H3,(H,19,20). The van der Waals surface area contributed by atoms with E-state index in [2.05, 4.69) is 0 Å². The Hall–Kier alpha value is -1.78. The van der Waals surface area contributed by atoms with E-state index in [1.54, 1.807) is 0 Å². The summed E-state index contributed by atoms with van der Waals surface area (Å²) in [4.78, 5) is 25.3. The van der Waals surface area contributed by atoms with Crippen LogP contribution in [-0.2, 0) is 11.8 Å². The lowest BCUT2D eigenvalue weighted by Crippen LogP contribution is -2.42. The highest BCUT2D eigenvalue weighted by Crippen LogP contribution is 2.27. The van der Waals surface area contributed by atoms with Gasteiger partial charge in [-0.25, -0.2) is 0 Å². The molecule has 0 aromatic carbocycles. The molecule has 21 heavy (non-hydrogen) atoms. The van der Waals surface area contributed by atoms with Crippen molar-refractivity contribution in [3.8, 4) is 0 Å². The zero-order chi connectivity index (χ0) is 15.6. The number of hydrogen-bond donors (Lipinski definition) is 1. The molecule has 2 atom stereocenters. The number of carboxylic acids is 1. The van der Waals surface area contributed by atoms with E-state index < -0.39 is 5.97 Å². The maximum Gasteiger partial charge on any atom is 0.303 e. The van der Waals surface area contributed by atoms with Gasteiger partial charge in [-0.3, -0.25) is 9.59 Å². The van der Waals surface area contributed by atoms with Gasteiger partial charge in [-0.05, 0) is 43.7 Å². The van der Waals surface area contributed by atoms with Crippen LogP contribution in [-0.4, -0.2) is 39.5 Å². The molecule has 1 N–H and O–H groups in total. The fraction of sp³-hybridized carbons (Fsp3) is 0.625. The van der Waals surface area contributed by atoms with Crippen LogP contribution in [0.3, 0.4) is 0 Å². The number of hydrogen-bond acceptors (Lipinski definition) is 2. The lowest BCUT2D eigenvalue weighted by atomic mass is 9.84. The molecule has 2 unspecified atom stereocenters. The number of amides is 1. The van der Waals surface area contributed by atoms with Gasteiger partial charge >= 0.3 is 5.97 Å². The molecule has 1 fully saturated rings. The number of carbonyl (C=O) groups is 2. The van der Waals surface area contributed by atoms with Gasteiger partial charge in [0.1, 0.15) is 5.69 Å². The first-order chi connectivity index (χ1) is 9.90. The molecule has 0 bridgehead atoms. The van der Waals surface area contributed by atoms with E-state index in [-0.39, 0.29) is 24.2 Å². The van der Waals surface area contributed by atoms with Gasteiger partial charge in [0.2, 0.25) is 0 Å². The molecule has 1 saturated heterocycles. The minimum Gasteiger partial charge on any atom is -0.481 e. The van der Waals surface area contributed by atoms with Gasteiger partial charge < -0.3 is 14.6 Å². The Morgan fingerprint density at radius 1 is 1.43 bits per heavy atom. The summed E-state index contributed by atoms with van der Waals surface area (Å²) in [5.74, 6) is -0.324. The van der Waals surface area contributed by atoms with Crippen molar-refractivity contribution in [2.24, 2.45) is 18.9 Å². The summed E-state index contributed by atoms with van der Waals surface area (Å²) in [7, 11) is 1.90. The van der Waals surface area contributed by atoms with Crippen molar-refractivity contribution in [2.45, 2.75) is 33.1 Å². The third-order valence-electron chi connectivity index (χ3n) is 4.64. The molecule has 0 spiro atoms. The van der Waals surface area contributed by atoms with Crippen molar-refractivity contribution in [3.63, 3.8) is 0 Å². The average Bonchev–Trinajstić information content (AvgIpc) is 2.78. The van der Waals surface area contributed by atoms with Gasteiger partial charge in [0, 0.05) is 32.3 Å². The summed E-state index contributed by atoms with van der Waals surface area (Å²) in [5, 5.41) is 8.92. The van der Waals surface area contributed by atoms with Crippen molar-refractivity contribution in [1.82, 2.24) is 9.47 Å². The summed E-state index contributed by atoms with van der Waals surface area (Å²) in [6.45, 7) is 5.38. The Labute approximate surface area is 125 Å². The van der Waals surface area contributed by atoms with E-state index >= 15 is 0 Å². The number of aryl methyl sites for hydroxylation is 1. The zero-order valence-corrected chi connectivity index (χ0v) is 13.0. The fourth-order valence-electron chi connectivity index (χ4n) is 3.09. The second-order valence-electron chi connectivity index (χ2n) is 6.15. The molecule has 0 radical (unpaired) electrons. The molecular formula is C16H24N2O3. The van der Waals surface area contributed by atoms with Gasteiger partial charge in [0.15, 0.2) is 0 Å². The number of aromatic nitrogens is 1. The number of nitrogens with zero attached hydrogens (tertiary/aromatic N) is 2. The van der Waals surface area contributed by atoms with Crippen LogP contribution >= 0.6 is 0 Å². The van der Waals surface area contributed by atoms with E-state index in [9.17, 15) is 9.59 Å². The first kappa shape index (κ1) is 15.6. The van der Waals surface area contributed by atoms with Crippen molar-refractivity contribution in [1.29, 1.82) is 0 Å². The van der Waals surface area contributed by atoms with Gasteiger partial charge in [-0.15, -0.1) is 0 Å². The summed E-state index contributed by atoms with van der Waals surface area (Å²) in [6, 6.07) is 3.81. The number of rotatable bonds is 4. The predicted octanol–water partition coefficient (Wildman–Crippen LogP) is 2.30. The molecule has 1 aromatic heterocycles. The van der Waals surface area contributed by atoms with Crippen molar-refractivity contribution < 1.29 is 14.7 Å². The lowest BCUT2D eigenvalue weighted by Gasteiger charge is -2.35. The average molecular weight is 292 g/mol. The second-order valence-corrected chi connectivity index (χ2v) is 6.15. The summed E-state index contributed by atoms with van der Waals surface area (Å²) in [5.41, 5.74) is 1.77. The van der Waals surface area contributed by atoms with E-state index in [4.69, 9.17) is 5.11 Å². The first-order valence-corrected chi connectivity index (χ1v) is 7.53. The highest BCUT2D eigenvalue weighted by molar-refractivity contribution is 5.93. The Morgan fingerprint density at radius 2 is 2.14 bits per heavy atom. The van der Waals surface area contributed by atoms with Crippen LogP contribution in [0.1, 0.15) is 42.4 Å². The molecular weight excluding hydrogens is 268 g/mol. The first-order valence-electron chi connectivity index (χ1n) is 7.53. The van der Waals surface area contributed by atoms with Crippen molar-refractivity contribution in [2.75, 3.05) is 13.1 Å². The molecule has 2 rings (SSSR count). The van der Waals surface area contributed by atoms with Crippen LogP contribution in [0.15, 0.2) is 12.1 Å². The number of carboxylic acid groups (broad SMARTS) is 1. The topological polar surface area (TPSA) is 62.5 Å². The molecule has 1 aliphatic heterocycles. The lowest BCUT2D eigenvalue weighted by molar-refractivity contribution is -0.138. The van der Waals surface area contributed by atoms with E-state index in [0.717, 1.165) is 25.1 Å². The van der Waals surface area contributed by atoms with E-state index in [0.29, 0.717) is 12.2 Å². The van der Waals surface area contributed by atoms with Crippen LogP contribution < -0.4 is 0 Å². The summed E-state index contributed by atoms with van der Waals surface area (Å²) in [6.07, 6.45) is 2.13. The fourth-order valence-corrected chi connectivity index (χ4v) is 3.09. The smallest absolute Gasteiger partial charge is 0.303 e. The molecule has 1 amide bonds. The SMILES string of the molecule is Cc1ccc(C(=O)N2CCCC(C(C)CC(=O)O)C2)n1C.